The van der Waals surface area contributed by atoms with Crippen LogP contribution in [0, 0.1) is 18.3 Å². The van der Waals surface area contributed by atoms with Crippen LogP contribution < -0.4 is 0 Å². The van der Waals surface area contributed by atoms with E-state index in [0.29, 0.717) is 11.4 Å². The van der Waals surface area contributed by atoms with E-state index in [2.05, 4.69) is 16.0 Å². The third kappa shape index (κ3) is 1.84. The maximum atomic E-state index is 9.00. The van der Waals surface area contributed by atoms with Gasteiger partial charge in [-0.1, -0.05) is 6.07 Å². The van der Waals surface area contributed by atoms with Crippen molar-refractivity contribution in [3.05, 3.63) is 47.8 Å². The average molecular weight is 195 g/mol. The Morgan fingerprint density at radius 1 is 1.20 bits per heavy atom. The van der Waals surface area contributed by atoms with Crippen molar-refractivity contribution in [1.29, 1.82) is 5.26 Å². The molecular weight excluding hydrogens is 186 g/mol. The van der Waals surface area contributed by atoms with Crippen LogP contribution in [0.3, 0.4) is 0 Å². The fourth-order valence-electron chi connectivity index (χ4n) is 1.38. The lowest BCUT2D eigenvalue weighted by atomic mass is 10.1. The molecule has 0 atom stereocenters. The van der Waals surface area contributed by atoms with Gasteiger partial charge in [-0.05, 0) is 30.7 Å². The molecule has 0 amide bonds. The molecule has 1 heterocycles. The summed E-state index contributed by atoms with van der Waals surface area (Å²) >= 11 is 0. The second-order valence-corrected chi connectivity index (χ2v) is 3.23. The lowest BCUT2D eigenvalue weighted by molar-refractivity contribution is 1.17. The fourth-order valence-corrected chi connectivity index (χ4v) is 1.38. The number of nitrogens with zero attached hydrogens (tertiary/aromatic N) is 3. The fraction of sp³-hybridized carbons (Fsp3) is 0.0833. The maximum Gasteiger partial charge on any atom is 0.160 e. The average Bonchev–Trinajstić information content (AvgIpc) is 2.30. The Balaban J connectivity index is 2.60. The number of nitriles is 1. The highest BCUT2D eigenvalue weighted by atomic mass is 14.8. The lowest BCUT2D eigenvalue weighted by Crippen LogP contribution is -1.91. The van der Waals surface area contributed by atoms with Crippen molar-refractivity contribution in [2.75, 3.05) is 0 Å². The van der Waals surface area contributed by atoms with Gasteiger partial charge in [0.25, 0.3) is 0 Å². The van der Waals surface area contributed by atoms with Crippen molar-refractivity contribution >= 4 is 0 Å². The Labute approximate surface area is 88.1 Å². The molecule has 0 fully saturated rings. The van der Waals surface area contributed by atoms with Crippen molar-refractivity contribution in [2.45, 2.75) is 6.92 Å². The molecular formula is C12H9N3. The SMILES string of the molecule is Cc1ccc(-c2ncccn2)c(C#N)c1. The molecule has 0 aliphatic rings. The van der Waals surface area contributed by atoms with Gasteiger partial charge in [-0.3, -0.25) is 0 Å². The topological polar surface area (TPSA) is 49.6 Å². The van der Waals surface area contributed by atoms with Crippen LogP contribution in [0.4, 0.5) is 0 Å². The monoisotopic (exact) mass is 195 g/mol. The molecule has 0 N–H and O–H groups in total. The van der Waals surface area contributed by atoms with Gasteiger partial charge in [0.15, 0.2) is 5.82 Å². The Morgan fingerprint density at radius 3 is 2.60 bits per heavy atom. The van der Waals surface area contributed by atoms with Crippen molar-refractivity contribution < 1.29 is 0 Å². The number of hydrogen-bond acceptors (Lipinski definition) is 3. The standard InChI is InChI=1S/C12H9N3/c1-9-3-4-11(10(7-9)8-13)12-14-5-2-6-15-12/h2-7H,1H3. The number of benzene rings is 1. The summed E-state index contributed by atoms with van der Waals surface area (Å²) in [6, 6.07) is 9.58. The maximum absolute atomic E-state index is 9.00. The molecule has 1 aromatic carbocycles. The van der Waals surface area contributed by atoms with Crippen molar-refractivity contribution in [3.63, 3.8) is 0 Å². The van der Waals surface area contributed by atoms with Crippen LogP contribution in [0.1, 0.15) is 11.1 Å². The van der Waals surface area contributed by atoms with Crippen LogP contribution in [0.15, 0.2) is 36.7 Å². The zero-order valence-electron chi connectivity index (χ0n) is 8.31. The van der Waals surface area contributed by atoms with E-state index in [1.165, 1.54) is 0 Å². The van der Waals surface area contributed by atoms with E-state index in [9.17, 15) is 0 Å². The first-order valence-electron chi connectivity index (χ1n) is 4.59. The third-order valence-corrected chi connectivity index (χ3v) is 2.10. The summed E-state index contributed by atoms with van der Waals surface area (Å²) in [6.07, 6.45) is 3.34. The molecule has 0 saturated heterocycles. The minimum atomic E-state index is 0.592. The van der Waals surface area contributed by atoms with Crippen LogP contribution in [-0.2, 0) is 0 Å². The van der Waals surface area contributed by atoms with Crippen LogP contribution in [0.5, 0.6) is 0 Å². The Morgan fingerprint density at radius 2 is 1.93 bits per heavy atom. The van der Waals surface area contributed by atoms with Crippen LogP contribution >= 0.6 is 0 Å². The molecule has 0 aliphatic heterocycles. The van der Waals surface area contributed by atoms with Crippen LogP contribution in [0.2, 0.25) is 0 Å². The molecule has 0 spiro atoms. The molecule has 15 heavy (non-hydrogen) atoms. The quantitative estimate of drug-likeness (QED) is 0.701. The smallest absolute Gasteiger partial charge is 0.160 e. The molecule has 1 aromatic heterocycles. The molecule has 3 nitrogen and oxygen atoms in total. The molecule has 0 saturated carbocycles. The summed E-state index contributed by atoms with van der Waals surface area (Å²) in [5.74, 6) is 0.592. The number of aryl methyl sites for hydroxylation is 1. The molecule has 0 aliphatic carbocycles. The van der Waals surface area contributed by atoms with Crippen molar-refractivity contribution in [1.82, 2.24) is 9.97 Å². The van der Waals surface area contributed by atoms with Gasteiger partial charge in [0.2, 0.25) is 0 Å². The number of hydrogen-bond donors (Lipinski definition) is 0. The molecule has 0 radical (unpaired) electrons. The summed E-state index contributed by atoms with van der Waals surface area (Å²) in [4.78, 5) is 8.25. The minimum absolute atomic E-state index is 0.592. The van der Waals surface area contributed by atoms with E-state index in [1.54, 1.807) is 18.5 Å². The van der Waals surface area contributed by atoms with Gasteiger partial charge in [-0.2, -0.15) is 5.26 Å². The number of aromatic nitrogens is 2. The summed E-state index contributed by atoms with van der Waals surface area (Å²) in [5, 5.41) is 9.00. The highest BCUT2D eigenvalue weighted by Crippen LogP contribution is 2.19. The van der Waals surface area contributed by atoms with Gasteiger partial charge in [-0.25, -0.2) is 9.97 Å². The van der Waals surface area contributed by atoms with E-state index >= 15 is 0 Å². The molecule has 2 aromatic rings. The van der Waals surface area contributed by atoms with Gasteiger partial charge in [0, 0.05) is 18.0 Å². The summed E-state index contributed by atoms with van der Waals surface area (Å²) in [7, 11) is 0. The third-order valence-electron chi connectivity index (χ3n) is 2.10. The van der Waals surface area contributed by atoms with Crippen LogP contribution in [0.25, 0.3) is 11.4 Å². The van der Waals surface area contributed by atoms with Gasteiger partial charge < -0.3 is 0 Å². The van der Waals surface area contributed by atoms with Crippen molar-refractivity contribution in [2.24, 2.45) is 0 Å². The summed E-state index contributed by atoms with van der Waals surface area (Å²) < 4.78 is 0. The first-order valence-corrected chi connectivity index (χ1v) is 4.59. The Bertz CT molecular complexity index is 512. The summed E-state index contributed by atoms with van der Waals surface area (Å²) in [5.41, 5.74) is 2.45. The highest BCUT2D eigenvalue weighted by molar-refractivity contribution is 5.64. The molecule has 2 rings (SSSR count). The first-order chi connectivity index (χ1) is 7.31. The zero-order valence-corrected chi connectivity index (χ0v) is 8.31. The van der Waals surface area contributed by atoms with Gasteiger partial charge in [-0.15, -0.1) is 0 Å². The molecule has 72 valence electrons. The van der Waals surface area contributed by atoms with Gasteiger partial charge in [0.1, 0.15) is 0 Å². The van der Waals surface area contributed by atoms with E-state index in [-0.39, 0.29) is 0 Å². The highest BCUT2D eigenvalue weighted by Gasteiger charge is 2.06. The van der Waals surface area contributed by atoms with E-state index in [1.807, 2.05) is 25.1 Å². The van der Waals surface area contributed by atoms with Gasteiger partial charge >= 0.3 is 0 Å². The van der Waals surface area contributed by atoms with E-state index in [4.69, 9.17) is 5.26 Å². The normalized spacial score (nSPS) is 9.60. The first kappa shape index (κ1) is 9.35. The Hall–Kier alpha value is -2.21. The van der Waals surface area contributed by atoms with Crippen LogP contribution in [-0.4, -0.2) is 9.97 Å². The zero-order chi connectivity index (χ0) is 10.7. The second kappa shape index (κ2) is 3.89. The molecule has 0 unspecified atom stereocenters. The Kier molecular flexibility index (Phi) is 2.42. The number of rotatable bonds is 1. The molecule has 0 bridgehead atoms. The van der Waals surface area contributed by atoms with Crippen molar-refractivity contribution in [3.8, 4) is 17.5 Å². The molecule has 3 heteroatoms. The summed E-state index contributed by atoms with van der Waals surface area (Å²) in [6.45, 7) is 1.95. The van der Waals surface area contributed by atoms with Gasteiger partial charge in [0.05, 0.1) is 11.6 Å². The lowest BCUT2D eigenvalue weighted by Gasteiger charge is -2.02. The predicted octanol–water partition coefficient (Wildman–Crippen LogP) is 2.32. The largest absolute Gasteiger partial charge is 0.237 e. The predicted molar refractivity (Wildman–Crippen MR) is 56.9 cm³/mol. The van der Waals surface area contributed by atoms with E-state index in [0.717, 1.165) is 11.1 Å². The second-order valence-electron chi connectivity index (χ2n) is 3.23. The van der Waals surface area contributed by atoms with E-state index < -0.39 is 0 Å². The minimum Gasteiger partial charge on any atom is -0.237 e.